The minimum absolute atomic E-state index is 0.0761. The third-order valence-corrected chi connectivity index (χ3v) is 3.51. The monoisotopic (exact) mass is 324 g/mol. The summed E-state index contributed by atoms with van der Waals surface area (Å²) >= 11 is 3.44. The molecule has 0 fully saturated rings. The molecule has 1 unspecified atom stereocenters. The Bertz CT molecular complexity index is 559. The van der Waals surface area contributed by atoms with E-state index in [2.05, 4.69) is 21.1 Å². The van der Waals surface area contributed by atoms with Gasteiger partial charge in [0.15, 0.2) is 0 Å². The molecule has 2 N–H and O–H groups in total. The van der Waals surface area contributed by atoms with Crippen LogP contribution < -0.4 is 10.5 Å². The molecule has 0 saturated carbocycles. The average Bonchev–Trinajstić information content (AvgIpc) is 2.66. The lowest BCUT2D eigenvalue weighted by Crippen LogP contribution is -2.08. The largest absolute Gasteiger partial charge is 0.488 e. The topological polar surface area (TPSA) is 61.3 Å². The molecule has 0 radical (unpaired) electrons. The Balaban J connectivity index is 2.22. The minimum Gasteiger partial charge on any atom is -0.488 e. The highest BCUT2D eigenvalue weighted by molar-refractivity contribution is 9.10. The molecule has 0 amide bonds. The normalized spacial score (nSPS) is 12.5. The summed E-state index contributed by atoms with van der Waals surface area (Å²) in [6.07, 6.45) is 0. The zero-order valence-electron chi connectivity index (χ0n) is 11.2. The van der Waals surface area contributed by atoms with Gasteiger partial charge in [0, 0.05) is 16.1 Å². The molecular formula is C14H17BrN2O2. The molecule has 0 spiro atoms. The van der Waals surface area contributed by atoms with E-state index < -0.39 is 0 Å². The summed E-state index contributed by atoms with van der Waals surface area (Å²) in [5, 5.41) is 3.91. The van der Waals surface area contributed by atoms with Gasteiger partial charge >= 0.3 is 0 Å². The van der Waals surface area contributed by atoms with Crippen LogP contribution in [0.25, 0.3) is 0 Å². The van der Waals surface area contributed by atoms with Crippen molar-refractivity contribution in [3.63, 3.8) is 0 Å². The number of aryl methyl sites for hydroxylation is 2. The van der Waals surface area contributed by atoms with Crippen LogP contribution in [-0.2, 0) is 6.61 Å². The first kappa shape index (κ1) is 14.1. The Morgan fingerprint density at radius 2 is 2.16 bits per heavy atom. The maximum atomic E-state index is 5.95. The van der Waals surface area contributed by atoms with Crippen molar-refractivity contribution in [1.29, 1.82) is 0 Å². The van der Waals surface area contributed by atoms with Crippen LogP contribution in [0.15, 0.2) is 27.2 Å². The number of nitrogens with two attached hydrogens (primary N) is 1. The van der Waals surface area contributed by atoms with Crippen LogP contribution in [0.1, 0.15) is 35.5 Å². The Labute approximate surface area is 121 Å². The number of aromatic nitrogens is 1. The standard InChI is InChI=1S/C14H17BrN2O2/c1-8(16)12-5-4-11(15)6-14(12)18-7-13-9(2)17-19-10(13)3/h4-6,8H,7,16H2,1-3H3. The minimum atomic E-state index is -0.0761. The lowest BCUT2D eigenvalue weighted by atomic mass is 10.1. The first-order valence-electron chi connectivity index (χ1n) is 6.08. The lowest BCUT2D eigenvalue weighted by Gasteiger charge is -2.14. The fourth-order valence-corrected chi connectivity index (χ4v) is 2.21. The van der Waals surface area contributed by atoms with Crippen molar-refractivity contribution in [2.75, 3.05) is 0 Å². The molecule has 4 nitrogen and oxygen atoms in total. The number of benzene rings is 1. The van der Waals surface area contributed by atoms with E-state index in [4.69, 9.17) is 15.0 Å². The van der Waals surface area contributed by atoms with Crippen LogP contribution in [0.5, 0.6) is 5.75 Å². The molecule has 0 aliphatic carbocycles. The second-order valence-electron chi connectivity index (χ2n) is 4.56. The SMILES string of the molecule is Cc1noc(C)c1COc1cc(Br)ccc1C(C)N. The summed E-state index contributed by atoms with van der Waals surface area (Å²) in [5.41, 5.74) is 8.77. The van der Waals surface area contributed by atoms with E-state index in [1.165, 1.54) is 0 Å². The second kappa shape index (κ2) is 5.75. The van der Waals surface area contributed by atoms with Crippen LogP contribution in [0.2, 0.25) is 0 Å². The summed E-state index contributed by atoms with van der Waals surface area (Å²) in [7, 11) is 0. The first-order valence-corrected chi connectivity index (χ1v) is 6.88. The number of halogens is 1. The highest BCUT2D eigenvalue weighted by atomic mass is 79.9. The van der Waals surface area contributed by atoms with Gasteiger partial charge in [-0.05, 0) is 32.9 Å². The first-order chi connectivity index (χ1) is 8.99. The summed E-state index contributed by atoms with van der Waals surface area (Å²) in [4.78, 5) is 0. The number of nitrogens with zero attached hydrogens (tertiary/aromatic N) is 1. The highest BCUT2D eigenvalue weighted by Gasteiger charge is 2.13. The fraction of sp³-hybridized carbons (Fsp3) is 0.357. The van der Waals surface area contributed by atoms with Gasteiger partial charge in [-0.1, -0.05) is 27.2 Å². The molecule has 5 heteroatoms. The van der Waals surface area contributed by atoms with Gasteiger partial charge in [0.25, 0.3) is 0 Å². The average molecular weight is 325 g/mol. The molecule has 0 saturated heterocycles. The number of rotatable bonds is 4. The molecule has 1 aromatic heterocycles. The van der Waals surface area contributed by atoms with Crippen molar-refractivity contribution >= 4 is 15.9 Å². The van der Waals surface area contributed by atoms with E-state index in [-0.39, 0.29) is 6.04 Å². The molecule has 1 heterocycles. The van der Waals surface area contributed by atoms with Crippen LogP contribution in [0.4, 0.5) is 0 Å². The zero-order chi connectivity index (χ0) is 14.0. The zero-order valence-corrected chi connectivity index (χ0v) is 12.8. The third kappa shape index (κ3) is 3.16. The molecule has 0 aliphatic heterocycles. The van der Waals surface area contributed by atoms with Crippen LogP contribution in [-0.4, -0.2) is 5.16 Å². The molecule has 0 bridgehead atoms. The number of ether oxygens (including phenoxy) is 1. The van der Waals surface area contributed by atoms with Crippen molar-refractivity contribution in [2.45, 2.75) is 33.4 Å². The van der Waals surface area contributed by atoms with Crippen molar-refractivity contribution in [1.82, 2.24) is 5.16 Å². The lowest BCUT2D eigenvalue weighted by molar-refractivity contribution is 0.297. The Kier molecular flexibility index (Phi) is 4.27. The van der Waals surface area contributed by atoms with Gasteiger partial charge in [0.1, 0.15) is 18.1 Å². The van der Waals surface area contributed by atoms with E-state index in [0.29, 0.717) is 6.61 Å². The van der Waals surface area contributed by atoms with Gasteiger partial charge < -0.3 is 15.0 Å². The molecule has 1 aromatic carbocycles. The van der Waals surface area contributed by atoms with Gasteiger partial charge in [-0.3, -0.25) is 0 Å². The van der Waals surface area contributed by atoms with Gasteiger partial charge in [-0.25, -0.2) is 0 Å². The van der Waals surface area contributed by atoms with E-state index in [1.54, 1.807) is 0 Å². The molecule has 102 valence electrons. The highest BCUT2D eigenvalue weighted by Crippen LogP contribution is 2.29. The summed E-state index contributed by atoms with van der Waals surface area (Å²) in [5.74, 6) is 1.57. The smallest absolute Gasteiger partial charge is 0.140 e. The summed E-state index contributed by atoms with van der Waals surface area (Å²) < 4.78 is 12.0. The Morgan fingerprint density at radius 1 is 1.42 bits per heavy atom. The van der Waals surface area contributed by atoms with Gasteiger partial charge in [-0.15, -0.1) is 0 Å². The molecule has 1 atom stereocenters. The van der Waals surface area contributed by atoms with E-state index in [0.717, 1.165) is 32.8 Å². The molecule has 0 aliphatic rings. The maximum Gasteiger partial charge on any atom is 0.140 e. The van der Waals surface area contributed by atoms with Crippen LogP contribution >= 0.6 is 15.9 Å². The fourth-order valence-electron chi connectivity index (χ4n) is 1.87. The van der Waals surface area contributed by atoms with E-state index in [1.807, 2.05) is 39.0 Å². The maximum absolute atomic E-state index is 5.95. The van der Waals surface area contributed by atoms with E-state index in [9.17, 15) is 0 Å². The number of hydrogen-bond donors (Lipinski definition) is 1. The number of hydrogen-bond acceptors (Lipinski definition) is 4. The molecule has 2 aromatic rings. The Morgan fingerprint density at radius 3 is 2.74 bits per heavy atom. The predicted octanol–water partition coefficient (Wildman–Crippen LogP) is 3.65. The second-order valence-corrected chi connectivity index (χ2v) is 5.48. The van der Waals surface area contributed by atoms with Crippen molar-refractivity contribution < 1.29 is 9.26 Å². The molecule has 2 rings (SSSR count). The van der Waals surface area contributed by atoms with Gasteiger partial charge in [0.05, 0.1) is 11.3 Å². The predicted molar refractivity (Wildman–Crippen MR) is 77.1 cm³/mol. The van der Waals surface area contributed by atoms with Crippen molar-refractivity contribution in [3.05, 3.63) is 45.3 Å². The molecule has 19 heavy (non-hydrogen) atoms. The van der Waals surface area contributed by atoms with E-state index >= 15 is 0 Å². The van der Waals surface area contributed by atoms with Crippen molar-refractivity contribution in [2.24, 2.45) is 5.73 Å². The van der Waals surface area contributed by atoms with Crippen molar-refractivity contribution in [3.8, 4) is 5.75 Å². The summed E-state index contributed by atoms with van der Waals surface area (Å²) in [6, 6.07) is 5.78. The molecular weight excluding hydrogens is 308 g/mol. The quantitative estimate of drug-likeness (QED) is 0.932. The van der Waals surface area contributed by atoms with Gasteiger partial charge in [0.2, 0.25) is 0 Å². The van der Waals surface area contributed by atoms with Gasteiger partial charge in [-0.2, -0.15) is 0 Å². The third-order valence-electron chi connectivity index (χ3n) is 3.02. The van der Waals surface area contributed by atoms with Crippen LogP contribution in [0, 0.1) is 13.8 Å². The Hall–Kier alpha value is -1.33. The summed E-state index contributed by atoms with van der Waals surface area (Å²) in [6.45, 7) is 6.15. The van der Waals surface area contributed by atoms with Crippen LogP contribution in [0.3, 0.4) is 0 Å².